The van der Waals surface area contributed by atoms with E-state index in [-0.39, 0.29) is 30.0 Å². The van der Waals surface area contributed by atoms with Gasteiger partial charge in [-0.3, -0.25) is 15.0 Å². The topological polar surface area (TPSA) is 92.3 Å². The molecular weight excluding hydrogens is 324 g/mol. The van der Waals surface area contributed by atoms with Crippen LogP contribution >= 0.6 is 11.3 Å². The monoisotopic (exact) mass is 346 g/mol. The molecule has 2 heterocycles. The van der Waals surface area contributed by atoms with Crippen molar-refractivity contribution in [2.75, 3.05) is 30.4 Å². The number of aromatic nitrogens is 2. The molecule has 0 spiro atoms. The van der Waals surface area contributed by atoms with Gasteiger partial charge in [-0.05, 0) is 19.9 Å². The summed E-state index contributed by atoms with van der Waals surface area (Å²) in [6.07, 6.45) is 3.62. The van der Waals surface area contributed by atoms with Crippen molar-refractivity contribution in [2.24, 2.45) is 0 Å². The first-order valence-corrected chi connectivity index (χ1v) is 10.1. The number of nitrogens with zero attached hydrogens (tertiary/aromatic N) is 3. The van der Waals surface area contributed by atoms with Gasteiger partial charge in [-0.1, -0.05) is 24.7 Å². The maximum absolute atomic E-state index is 12.0. The molecule has 1 aromatic heterocycles. The summed E-state index contributed by atoms with van der Waals surface area (Å²) in [5.41, 5.74) is 0. The fraction of sp³-hybridized carbons (Fsp3) is 0.769. The lowest BCUT2D eigenvalue weighted by Gasteiger charge is -2.21. The number of hydrogen-bond acceptors (Lipinski definition) is 7. The normalized spacial score (nSPS) is 20.4. The van der Waals surface area contributed by atoms with Gasteiger partial charge in [-0.2, -0.15) is 0 Å². The number of carbonyl (C=O) groups excluding carboxylic acids is 1. The van der Waals surface area contributed by atoms with Gasteiger partial charge in [0, 0.05) is 12.5 Å². The Morgan fingerprint density at radius 1 is 1.45 bits per heavy atom. The van der Waals surface area contributed by atoms with Crippen molar-refractivity contribution >= 4 is 32.2 Å². The molecule has 1 unspecified atom stereocenters. The smallest absolute Gasteiger partial charge is 0.240 e. The van der Waals surface area contributed by atoms with E-state index in [1.165, 1.54) is 11.3 Å². The molecule has 0 aliphatic carbocycles. The summed E-state index contributed by atoms with van der Waals surface area (Å²) < 4.78 is 22.9. The SMILES string of the molecule is CCCCc1nnc(NC(=O)CN(C)C2CCS(=O)(=O)C2)s1. The van der Waals surface area contributed by atoms with Gasteiger partial charge >= 0.3 is 0 Å². The Bertz CT molecular complexity index is 615. The van der Waals surface area contributed by atoms with Crippen LogP contribution in [0.5, 0.6) is 0 Å². The van der Waals surface area contributed by atoms with Crippen LogP contribution in [0.25, 0.3) is 0 Å². The molecule has 22 heavy (non-hydrogen) atoms. The van der Waals surface area contributed by atoms with Crippen molar-refractivity contribution in [3.8, 4) is 0 Å². The lowest BCUT2D eigenvalue weighted by atomic mass is 10.2. The summed E-state index contributed by atoms with van der Waals surface area (Å²) in [5.74, 6) is 0.155. The highest BCUT2D eigenvalue weighted by Crippen LogP contribution is 2.18. The van der Waals surface area contributed by atoms with Crippen molar-refractivity contribution in [2.45, 2.75) is 38.6 Å². The Balaban J connectivity index is 1.81. The predicted octanol–water partition coefficient (Wildman–Crippen LogP) is 0.938. The Morgan fingerprint density at radius 3 is 2.86 bits per heavy atom. The largest absolute Gasteiger partial charge is 0.299 e. The van der Waals surface area contributed by atoms with E-state index in [2.05, 4.69) is 22.4 Å². The quantitative estimate of drug-likeness (QED) is 0.790. The molecule has 1 N–H and O–H groups in total. The van der Waals surface area contributed by atoms with Crippen LogP contribution < -0.4 is 5.32 Å². The van der Waals surface area contributed by atoms with Gasteiger partial charge in [0.1, 0.15) is 5.01 Å². The highest BCUT2D eigenvalue weighted by Gasteiger charge is 2.31. The third-order valence-electron chi connectivity index (χ3n) is 3.68. The van der Waals surface area contributed by atoms with Gasteiger partial charge in [-0.15, -0.1) is 10.2 Å². The predicted molar refractivity (Wildman–Crippen MR) is 86.8 cm³/mol. The molecule has 7 nitrogen and oxygen atoms in total. The molecule has 1 aliphatic rings. The first kappa shape index (κ1) is 17.3. The number of carbonyl (C=O) groups is 1. The number of sulfone groups is 1. The fourth-order valence-electron chi connectivity index (χ4n) is 2.37. The standard InChI is InChI=1S/C13H22N4O3S2/c1-3-4-5-12-15-16-13(21-12)14-11(18)8-17(2)10-6-7-22(19,20)9-10/h10H,3-9H2,1-2H3,(H,14,16,18). The molecule has 1 aromatic rings. The van der Waals surface area contributed by atoms with E-state index >= 15 is 0 Å². The Hall–Kier alpha value is -1.06. The first-order chi connectivity index (χ1) is 10.4. The number of aryl methyl sites for hydroxylation is 1. The van der Waals surface area contributed by atoms with Gasteiger partial charge < -0.3 is 0 Å². The number of amides is 1. The van der Waals surface area contributed by atoms with Crippen molar-refractivity contribution < 1.29 is 13.2 Å². The lowest BCUT2D eigenvalue weighted by Crippen LogP contribution is -2.38. The first-order valence-electron chi connectivity index (χ1n) is 7.42. The molecule has 0 radical (unpaired) electrons. The van der Waals surface area contributed by atoms with E-state index in [0.717, 1.165) is 24.3 Å². The molecule has 9 heteroatoms. The molecular formula is C13H22N4O3S2. The molecule has 1 atom stereocenters. The zero-order valence-corrected chi connectivity index (χ0v) is 14.5. The lowest BCUT2D eigenvalue weighted by molar-refractivity contribution is -0.117. The van der Waals surface area contributed by atoms with E-state index in [1.807, 2.05) is 0 Å². The number of anilines is 1. The summed E-state index contributed by atoms with van der Waals surface area (Å²) in [5, 5.41) is 12.2. The number of hydrogen-bond donors (Lipinski definition) is 1. The van der Waals surface area contributed by atoms with Crippen LogP contribution in [0.3, 0.4) is 0 Å². The average molecular weight is 346 g/mol. The highest BCUT2D eigenvalue weighted by molar-refractivity contribution is 7.91. The van der Waals surface area contributed by atoms with Crippen molar-refractivity contribution in [3.63, 3.8) is 0 Å². The zero-order chi connectivity index (χ0) is 16.2. The highest BCUT2D eigenvalue weighted by atomic mass is 32.2. The second kappa shape index (κ2) is 7.47. The van der Waals surface area contributed by atoms with E-state index in [0.29, 0.717) is 11.6 Å². The molecule has 0 aromatic carbocycles. The number of rotatable bonds is 7. The molecule has 0 bridgehead atoms. The van der Waals surface area contributed by atoms with E-state index < -0.39 is 9.84 Å². The third-order valence-corrected chi connectivity index (χ3v) is 6.33. The Labute approximate surface area is 135 Å². The summed E-state index contributed by atoms with van der Waals surface area (Å²) in [4.78, 5) is 13.8. The van der Waals surface area contributed by atoms with Crippen molar-refractivity contribution in [1.29, 1.82) is 0 Å². The van der Waals surface area contributed by atoms with Gasteiger partial charge in [0.05, 0.1) is 18.1 Å². The minimum atomic E-state index is -2.93. The zero-order valence-electron chi connectivity index (χ0n) is 12.9. The van der Waals surface area contributed by atoms with E-state index in [1.54, 1.807) is 11.9 Å². The molecule has 2 rings (SSSR count). The number of likely N-dealkylation sites (N-methyl/N-ethyl adjacent to an activating group) is 1. The molecule has 1 aliphatic heterocycles. The van der Waals surface area contributed by atoms with Crippen LogP contribution in [0.15, 0.2) is 0 Å². The molecule has 1 amide bonds. The van der Waals surface area contributed by atoms with Crippen LogP contribution in [-0.4, -0.2) is 60.6 Å². The second-order valence-corrected chi connectivity index (χ2v) is 8.92. The maximum Gasteiger partial charge on any atom is 0.240 e. The van der Waals surface area contributed by atoms with E-state index in [9.17, 15) is 13.2 Å². The van der Waals surface area contributed by atoms with Crippen LogP contribution in [-0.2, 0) is 21.1 Å². The number of nitrogens with one attached hydrogen (secondary N) is 1. The van der Waals surface area contributed by atoms with Crippen LogP contribution in [0.2, 0.25) is 0 Å². The number of unbranched alkanes of at least 4 members (excludes halogenated alkanes) is 1. The van der Waals surface area contributed by atoms with Crippen molar-refractivity contribution in [1.82, 2.24) is 15.1 Å². The van der Waals surface area contributed by atoms with Gasteiger partial charge in [0.15, 0.2) is 9.84 Å². The molecule has 1 fully saturated rings. The third kappa shape index (κ3) is 4.99. The second-order valence-electron chi connectivity index (χ2n) is 5.62. The molecule has 0 saturated carbocycles. The maximum atomic E-state index is 12.0. The van der Waals surface area contributed by atoms with Gasteiger partial charge in [-0.25, -0.2) is 8.42 Å². The van der Waals surface area contributed by atoms with Gasteiger partial charge in [0.25, 0.3) is 0 Å². The summed E-state index contributed by atoms with van der Waals surface area (Å²) >= 11 is 1.39. The van der Waals surface area contributed by atoms with Crippen LogP contribution in [0.1, 0.15) is 31.2 Å². The van der Waals surface area contributed by atoms with Crippen LogP contribution in [0.4, 0.5) is 5.13 Å². The fourth-order valence-corrected chi connectivity index (χ4v) is 4.97. The summed E-state index contributed by atoms with van der Waals surface area (Å²) in [6, 6.07) is -0.0784. The molecule has 124 valence electrons. The van der Waals surface area contributed by atoms with E-state index in [4.69, 9.17) is 0 Å². The summed E-state index contributed by atoms with van der Waals surface area (Å²) in [7, 11) is -1.16. The molecule has 1 saturated heterocycles. The Morgan fingerprint density at radius 2 is 2.23 bits per heavy atom. The van der Waals surface area contributed by atoms with Crippen molar-refractivity contribution in [3.05, 3.63) is 5.01 Å². The summed E-state index contributed by atoms with van der Waals surface area (Å²) in [6.45, 7) is 2.27. The average Bonchev–Trinajstić information content (AvgIpc) is 3.02. The minimum absolute atomic E-state index is 0.0784. The minimum Gasteiger partial charge on any atom is -0.299 e. The van der Waals surface area contributed by atoms with Gasteiger partial charge in [0.2, 0.25) is 11.0 Å². The van der Waals surface area contributed by atoms with Crippen LogP contribution in [0, 0.1) is 0 Å². The Kier molecular flexibility index (Phi) is 5.87.